The first kappa shape index (κ1) is 22.2. The molecule has 2 rings (SSSR count). The van der Waals surface area contributed by atoms with Crippen LogP contribution >= 0.6 is 0 Å². The summed E-state index contributed by atoms with van der Waals surface area (Å²) in [6.07, 6.45) is 0.919. The van der Waals surface area contributed by atoms with Gasteiger partial charge in [0.15, 0.2) is 0 Å². The van der Waals surface area contributed by atoms with E-state index in [1.807, 2.05) is 24.3 Å². The average molecular weight is 358 g/mol. The van der Waals surface area contributed by atoms with Gasteiger partial charge in [-0.2, -0.15) is 0 Å². The minimum absolute atomic E-state index is 0. The van der Waals surface area contributed by atoms with Crippen LogP contribution in [0.3, 0.4) is 0 Å². The highest BCUT2D eigenvalue weighted by Gasteiger charge is 2.21. The second-order valence-electron chi connectivity index (χ2n) is 7.23. The summed E-state index contributed by atoms with van der Waals surface area (Å²) >= 11 is 0. The Morgan fingerprint density at radius 2 is 1.54 bits per heavy atom. The molecule has 144 valence electrons. The van der Waals surface area contributed by atoms with Crippen molar-refractivity contribution in [2.45, 2.75) is 66.2 Å². The number of rotatable bonds is 8. The standard InChI is InChI=1S/C22H31NO2.CH4/c1-16(2)23(17(3)4)13-12-20(19-8-6-5-7-9-19)21-14-18(15-24)10-11-22(21)25;/h5-11,14,16-17,20,24-25H,12-13,15H2,1-4H3;1H4/t20-;/m1./s1. The van der Waals surface area contributed by atoms with Crippen LogP contribution in [0.15, 0.2) is 48.5 Å². The Bertz CT molecular complexity index is 645. The van der Waals surface area contributed by atoms with Crippen molar-refractivity contribution < 1.29 is 10.2 Å². The number of aromatic hydroxyl groups is 1. The molecular weight excluding hydrogens is 322 g/mol. The highest BCUT2D eigenvalue weighted by Crippen LogP contribution is 2.35. The molecule has 0 radical (unpaired) electrons. The lowest BCUT2D eigenvalue weighted by Crippen LogP contribution is -2.38. The molecule has 2 N–H and O–H groups in total. The smallest absolute Gasteiger partial charge is 0.119 e. The van der Waals surface area contributed by atoms with Crippen molar-refractivity contribution >= 4 is 0 Å². The molecule has 0 aliphatic rings. The zero-order valence-electron chi connectivity index (χ0n) is 15.8. The molecule has 0 aliphatic heterocycles. The molecule has 0 unspecified atom stereocenters. The third kappa shape index (κ3) is 5.58. The van der Waals surface area contributed by atoms with Gasteiger partial charge in [0.05, 0.1) is 6.61 Å². The summed E-state index contributed by atoms with van der Waals surface area (Å²) in [6, 6.07) is 16.7. The topological polar surface area (TPSA) is 43.7 Å². The first-order chi connectivity index (χ1) is 11.9. The van der Waals surface area contributed by atoms with Gasteiger partial charge < -0.3 is 10.2 Å². The van der Waals surface area contributed by atoms with E-state index in [0.717, 1.165) is 24.1 Å². The molecule has 0 fully saturated rings. The summed E-state index contributed by atoms with van der Waals surface area (Å²) in [5.41, 5.74) is 2.92. The maximum atomic E-state index is 10.5. The van der Waals surface area contributed by atoms with E-state index in [1.54, 1.807) is 12.1 Å². The molecule has 0 saturated carbocycles. The fraction of sp³-hybridized carbons (Fsp3) is 0.478. The van der Waals surface area contributed by atoms with Crippen LogP contribution in [-0.2, 0) is 6.61 Å². The fourth-order valence-corrected chi connectivity index (χ4v) is 3.56. The zero-order chi connectivity index (χ0) is 18.4. The minimum Gasteiger partial charge on any atom is -0.508 e. The summed E-state index contributed by atoms with van der Waals surface area (Å²) < 4.78 is 0. The largest absolute Gasteiger partial charge is 0.508 e. The number of phenols is 1. The summed E-state index contributed by atoms with van der Waals surface area (Å²) in [5, 5.41) is 19.9. The first-order valence-electron chi connectivity index (χ1n) is 9.17. The Morgan fingerprint density at radius 3 is 2.08 bits per heavy atom. The van der Waals surface area contributed by atoms with Gasteiger partial charge in [-0.3, -0.25) is 4.90 Å². The Kier molecular flexibility index (Phi) is 8.83. The number of aliphatic hydroxyl groups is 1. The molecule has 3 nitrogen and oxygen atoms in total. The normalized spacial score (nSPS) is 12.5. The lowest BCUT2D eigenvalue weighted by atomic mass is 9.86. The number of aliphatic hydroxyl groups excluding tert-OH is 1. The summed E-state index contributed by atoms with van der Waals surface area (Å²) in [5.74, 6) is 0.402. The van der Waals surface area contributed by atoms with E-state index in [9.17, 15) is 10.2 Å². The molecule has 26 heavy (non-hydrogen) atoms. The molecule has 2 aromatic carbocycles. The van der Waals surface area contributed by atoms with Gasteiger partial charge in [0, 0.05) is 23.6 Å². The van der Waals surface area contributed by atoms with Crippen LogP contribution in [-0.4, -0.2) is 33.7 Å². The summed E-state index contributed by atoms with van der Waals surface area (Å²) in [6.45, 7) is 9.84. The van der Waals surface area contributed by atoms with E-state index in [1.165, 1.54) is 5.56 Å². The van der Waals surface area contributed by atoms with Crippen LogP contribution in [0.4, 0.5) is 0 Å². The van der Waals surface area contributed by atoms with Gasteiger partial charge in [-0.1, -0.05) is 43.8 Å². The number of hydrogen-bond donors (Lipinski definition) is 2. The SMILES string of the molecule is C.CC(C)N(CC[C@H](c1ccccc1)c1cc(CO)ccc1O)C(C)C. The molecule has 2 aromatic rings. The third-order valence-corrected chi connectivity index (χ3v) is 4.85. The molecule has 3 heteroatoms. The van der Waals surface area contributed by atoms with Gasteiger partial charge in [0.2, 0.25) is 0 Å². The average Bonchev–Trinajstić information content (AvgIpc) is 2.59. The van der Waals surface area contributed by atoms with Crippen LogP contribution < -0.4 is 0 Å². The van der Waals surface area contributed by atoms with Crippen molar-refractivity contribution in [1.82, 2.24) is 4.90 Å². The maximum absolute atomic E-state index is 10.5. The molecule has 0 aliphatic carbocycles. The highest BCUT2D eigenvalue weighted by molar-refractivity contribution is 5.43. The first-order valence-corrected chi connectivity index (χ1v) is 9.17. The Hall–Kier alpha value is -1.84. The van der Waals surface area contributed by atoms with E-state index >= 15 is 0 Å². The molecule has 0 bridgehead atoms. The Morgan fingerprint density at radius 1 is 0.923 bits per heavy atom. The monoisotopic (exact) mass is 357 g/mol. The Labute approximate surface area is 159 Å². The van der Waals surface area contributed by atoms with Crippen molar-refractivity contribution in [3.63, 3.8) is 0 Å². The third-order valence-electron chi connectivity index (χ3n) is 4.85. The van der Waals surface area contributed by atoms with Gasteiger partial charge in [-0.25, -0.2) is 0 Å². The second kappa shape index (κ2) is 10.3. The van der Waals surface area contributed by atoms with Crippen LogP contribution in [0, 0.1) is 0 Å². The minimum atomic E-state index is -0.0150. The van der Waals surface area contributed by atoms with Crippen molar-refractivity contribution in [3.8, 4) is 5.75 Å². The maximum Gasteiger partial charge on any atom is 0.119 e. The van der Waals surface area contributed by atoms with E-state index in [2.05, 4.69) is 44.7 Å². The van der Waals surface area contributed by atoms with E-state index < -0.39 is 0 Å². The number of hydrogen-bond acceptors (Lipinski definition) is 3. The lowest BCUT2D eigenvalue weighted by molar-refractivity contribution is 0.170. The van der Waals surface area contributed by atoms with Crippen molar-refractivity contribution in [2.24, 2.45) is 0 Å². The predicted octanol–water partition coefficient (Wildman–Crippen LogP) is 5.16. The van der Waals surface area contributed by atoms with Gasteiger partial charge >= 0.3 is 0 Å². The summed E-state index contributed by atoms with van der Waals surface area (Å²) in [7, 11) is 0. The van der Waals surface area contributed by atoms with Gasteiger partial charge in [0.1, 0.15) is 5.75 Å². The molecule has 0 spiro atoms. The second-order valence-corrected chi connectivity index (χ2v) is 7.23. The van der Waals surface area contributed by atoms with Gasteiger partial charge in [-0.05, 0) is 63.9 Å². The molecule has 0 aromatic heterocycles. The summed E-state index contributed by atoms with van der Waals surface area (Å²) in [4.78, 5) is 2.48. The van der Waals surface area contributed by atoms with Gasteiger partial charge in [0.25, 0.3) is 0 Å². The van der Waals surface area contributed by atoms with Gasteiger partial charge in [-0.15, -0.1) is 0 Å². The zero-order valence-corrected chi connectivity index (χ0v) is 15.8. The Balaban J connectivity index is 0.00000338. The number of phenolic OH excluding ortho intramolecular Hbond substituents is 1. The molecular formula is C23H35NO2. The van der Waals surface area contributed by atoms with Crippen LogP contribution in [0.5, 0.6) is 5.75 Å². The molecule has 0 amide bonds. The molecule has 1 atom stereocenters. The fourth-order valence-electron chi connectivity index (χ4n) is 3.56. The van der Waals surface area contributed by atoms with Crippen molar-refractivity contribution in [1.29, 1.82) is 0 Å². The molecule has 0 heterocycles. The van der Waals surface area contributed by atoms with E-state index in [0.29, 0.717) is 17.8 Å². The lowest BCUT2D eigenvalue weighted by Gasteiger charge is -2.32. The van der Waals surface area contributed by atoms with Crippen LogP contribution in [0.25, 0.3) is 0 Å². The number of nitrogens with zero attached hydrogens (tertiary/aromatic N) is 1. The van der Waals surface area contributed by atoms with Crippen molar-refractivity contribution in [3.05, 3.63) is 65.2 Å². The van der Waals surface area contributed by atoms with E-state index in [-0.39, 0.29) is 20.0 Å². The van der Waals surface area contributed by atoms with Crippen molar-refractivity contribution in [2.75, 3.05) is 6.54 Å². The predicted molar refractivity (Wildman–Crippen MR) is 111 cm³/mol. The van der Waals surface area contributed by atoms with Crippen LogP contribution in [0.2, 0.25) is 0 Å². The molecule has 0 saturated heterocycles. The highest BCUT2D eigenvalue weighted by atomic mass is 16.3. The number of benzene rings is 2. The van der Waals surface area contributed by atoms with E-state index in [4.69, 9.17) is 0 Å². The van der Waals surface area contributed by atoms with Crippen LogP contribution in [0.1, 0.15) is 64.2 Å². The quantitative estimate of drug-likeness (QED) is 0.686.